The molecule has 1 aromatic heterocycles. The van der Waals surface area contributed by atoms with Crippen molar-refractivity contribution in [1.82, 2.24) is 9.97 Å². The fraction of sp³-hybridized carbons (Fsp3) is 0.667. The van der Waals surface area contributed by atoms with Gasteiger partial charge in [0.2, 0.25) is 11.8 Å². The summed E-state index contributed by atoms with van der Waals surface area (Å²) in [5, 5.41) is 3.14. The molecule has 1 rings (SSSR count). The average molecular weight is 254 g/mol. The first-order valence-corrected chi connectivity index (χ1v) is 6.12. The minimum Gasteiger partial charge on any atom is -0.478 e. The van der Waals surface area contributed by atoms with E-state index >= 15 is 0 Å². The number of methoxy groups -OCH3 is 1. The van der Waals surface area contributed by atoms with E-state index in [-0.39, 0.29) is 6.04 Å². The Morgan fingerprint density at radius 1 is 1.44 bits per heavy atom. The first kappa shape index (κ1) is 14.7. The van der Waals surface area contributed by atoms with E-state index in [0.717, 1.165) is 12.1 Å². The smallest absolute Gasteiger partial charge is 0.226 e. The number of rotatable bonds is 8. The Hall–Kier alpha value is -1.40. The van der Waals surface area contributed by atoms with Crippen LogP contribution in [-0.2, 0) is 4.74 Å². The van der Waals surface area contributed by atoms with Crippen molar-refractivity contribution < 1.29 is 9.47 Å². The first-order valence-electron chi connectivity index (χ1n) is 6.12. The van der Waals surface area contributed by atoms with Crippen molar-refractivity contribution in [3.05, 3.63) is 11.8 Å². The van der Waals surface area contributed by atoms with E-state index in [0.29, 0.717) is 31.6 Å². The molecule has 102 valence electrons. The van der Waals surface area contributed by atoms with Gasteiger partial charge in [0.25, 0.3) is 0 Å². The highest BCUT2D eigenvalue weighted by Gasteiger charge is 2.04. The Morgan fingerprint density at radius 3 is 2.89 bits per heavy atom. The number of aromatic nitrogens is 2. The molecule has 0 aliphatic carbocycles. The Balaban J connectivity index is 2.46. The second kappa shape index (κ2) is 7.84. The molecule has 6 nitrogen and oxygen atoms in total. The number of nitrogens with one attached hydrogen (secondary N) is 1. The van der Waals surface area contributed by atoms with E-state index in [2.05, 4.69) is 15.3 Å². The molecular formula is C12H22N4O2. The first-order chi connectivity index (χ1) is 8.65. The molecule has 0 saturated carbocycles. The molecule has 0 amide bonds. The van der Waals surface area contributed by atoms with Crippen LogP contribution in [0.3, 0.4) is 0 Å². The van der Waals surface area contributed by atoms with Gasteiger partial charge in [0.05, 0.1) is 13.2 Å². The molecule has 0 fully saturated rings. The van der Waals surface area contributed by atoms with Gasteiger partial charge in [-0.1, -0.05) is 0 Å². The van der Waals surface area contributed by atoms with E-state index < -0.39 is 0 Å². The molecule has 1 unspecified atom stereocenters. The molecule has 0 spiro atoms. The lowest BCUT2D eigenvalue weighted by molar-refractivity contribution is 0.178. The van der Waals surface area contributed by atoms with Gasteiger partial charge in [-0.25, -0.2) is 4.98 Å². The van der Waals surface area contributed by atoms with Crippen LogP contribution >= 0.6 is 0 Å². The third-order valence-corrected chi connectivity index (χ3v) is 2.30. The number of aryl methyl sites for hydroxylation is 1. The van der Waals surface area contributed by atoms with Gasteiger partial charge >= 0.3 is 0 Å². The van der Waals surface area contributed by atoms with E-state index in [9.17, 15) is 0 Å². The van der Waals surface area contributed by atoms with Crippen molar-refractivity contribution in [2.45, 2.75) is 26.3 Å². The molecule has 0 bridgehead atoms. The number of hydrogen-bond donors (Lipinski definition) is 2. The van der Waals surface area contributed by atoms with Crippen LogP contribution in [0.1, 0.15) is 19.0 Å². The zero-order valence-electron chi connectivity index (χ0n) is 11.3. The van der Waals surface area contributed by atoms with Gasteiger partial charge in [-0.2, -0.15) is 4.98 Å². The van der Waals surface area contributed by atoms with Crippen molar-refractivity contribution in [1.29, 1.82) is 0 Å². The van der Waals surface area contributed by atoms with Crippen molar-refractivity contribution in [2.75, 3.05) is 32.2 Å². The van der Waals surface area contributed by atoms with Crippen molar-refractivity contribution in [3.8, 4) is 5.88 Å². The van der Waals surface area contributed by atoms with Gasteiger partial charge in [0.15, 0.2) is 0 Å². The van der Waals surface area contributed by atoms with Gasteiger partial charge in [-0.3, -0.25) is 0 Å². The minimum absolute atomic E-state index is 0.0265. The zero-order valence-corrected chi connectivity index (χ0v) is 11.3. The third kappa shape index (κ3) is 5.29. The molecule has 1 heterocycles. The summed E-state index contributed by atoms with van der Waals surface area (Å²) in [6, 6.07) is 1.84. The van der Waals surface area contributed by atoms with Crippen LogP contribution in [0, 0.1) is 6.92 Å². The molecule has 0 aliphatic rings. The van der Waals surface area contributed by atoms with E-state index in [1.807, 2.05) is 19.9 Å². The number of nitrogens with zero attached hydrogens (tertiary/aromatic N) is 2. The molecule has 0 radical (unpaired) electrons. The lowest BCUT2D eigenvalue weighted by Gasteiger charge is -2.11. The SMILES string of the molecule is CCOc1cc(C)nc(NCCC(N)COC)n1. The van der Waals surface area contributed by atoms with Crippen LogP contribution in [0.15, 0.2) is 6.07 Å². The molecule has 3 N–H and O–H groups in total. The maximum absolute atomic E-state index is 5.83. The molecule has 1 aromatic rings. The molecule has 0 saturated heterocycles. The second-order valence-electron chi connectivity index (χ2n) is 4.04. The minimum atomic E-state index is 0.0265. The molecular weight excluding hydrogens is 232 g/mol. The van der Waals surface area contributed by atoms with Crippen LogP contribution in [0.4, 0.5) is 5.95 Å². The number of nitrogens with two attached hydrogens (primary N) is 1. The summed E-state index contributed by atoms with van der Waals surface area (Å²) in [7, 11) is 1.64. The van der Waals surface area contributed by atoms with Crippen LogP contribution in [0.25, 0.3) is 0 Å². The quantitative estimate of drug-likeness (QED) is 0.719. The van der Waals surface area contributed by atoms with Crippen LogP contribution in [-0.4, -0.2) is 42.9 Å². The molecule has 0 aliphatic heterocycles. The van der Waals surface area contributed by atoms with Crippen molar-refractivity contribution >= 4 is 5.95 Å². The Morgan fingerprint density at radius 2 is 2.22 bits per heavy atom. The molecule has 1 atom stereocenters. The largest absolute Gasteiger partial charge is 0.478 e. The predicted octanol–water partition coefficient (Wildman–Crippen LogP) is 0.959. The monoisotopic (exact) mass is 254 g/mol. The van der Waals surface area contributed by atoms with Gasteiger partial charge < -0.3 is 20.5 Å². The van der Waals surface area contributed by atoms with E-state index in [4.69, 9.17) is 15.2 Å². The molecule has 0 aromatic carbocycles. The summed E-state index contributed by atoms with van der Waals surface area (Å²) in [6.07, 6.45) is 0.801. The maximum atomic E-state index is 5.83. The summed E-state index contributed by atoms with van der Waals surface area (Å²) in [5.41, 5.74) is 6.70. The highest BCUT2D eigenvalue weighted by atomic mass is 16.5. The van der Waals surface area contributed by atoms with E-state index in [1.165, 1.54) is 0 Å². The maximum Gasteiger partial charge on any atom is 0.226 e. The Bertz CT molecular complexity index is 360. The van der Waals surface area contributed by atoms with Crippen LogP contribution in [0.5, 0.6) is 5.88 Å². The fourth-order valence-electron chi connectivity index (χ4n) is 1.51. The van der Waals surface area contributed by atoms with Crippen molar-refractivity contribution in [3.63, 3.8) is 0 Å². The van der Waals surface area contributed by atoms with Crippen LogP contribution in [0.2, 0.25) is 0 Å². The summed E-state index contributed by atoms with van der Waals surface area (Å²) >= 11 is 0. The standard InChI is InChI=1S/C12H22N4O2/c1-4-18-11-7-9(2)15-12(16-11)14-6-5-10(13)8-17-3/h7,10H,4-6,8,13H2,1-3H3,(H,14,15,16). The van der Waals surface area contributed by atoms with Gasteiger partial charge in [0, 0.05) is 31.5 Å². The van der Waals surface area contributed by atoms with Crippen LogP contribution < -0.4 is 15.8 Å². The number of hydrogen-bond acceptors (Lipinski definition) is 6. The molecule has 6 heteroatoms. The van der Waals surface area contributed by atoms with Crippen molar-refractivity contribution in [2.24, 2.45) is 5.73 Å². The lowest BCUT2D eigenvalue weighted by atomic mass is 10.2. The highest BCUT2D eigenvalue weighted by Crippen LogP contribution is 2.11. The normalized spacial score (nSPS) is 12.2. The van der Waals surface area contributed by atoms with E-state index in [1.54, 1.807) is 7.11 Å². The summed E-state index contributed by atoms with van der Waals surface area (Å²) in [4.78, 5) is 8.53. The van der Waals surface area contributed by atoms with Gasteiger partial charge in [-0.05, 0) is 20.3 Å². The number of ether oxygens (including phenoxy) is 2. The highest BCUT2D eigenvalue weighted by molar-refractivity contribution is 5.30. The Kier molecular flexibility index (Phi) is 6.38. The predicted molar refractivity (Wildman–Crippen MR) is 70.9 cm³/mol. The fourth-order valence-corrected chi connectivity index (χ4v) is 1.51. The topological polar surface area (TPSA) is 82.3 Å². The number of anilines is 1. The average Bonchev–Trinajstić information content (AvgIpc) is 2.29. The Labute approximate surface area is 108 Å². The second-order valence-corrected chi connectivity index (χ2v) is 4.04. The summed E-state index contributed by atoms with van der Waals surface area (Å²) < 4.78 is 10.3. The summed E-state index contributed by atoms with van der Waals surface area (Å²) in [5.74, 6) is 1.16. The lowest BCUT2D eigenvalue weighted by Crippen LogP contribution is -2.28. The molecule has 18 heavy (non-hydrogen) atoms. The van der Waals surface area contributed by atoms with Gasteiger partial charge in [-0.15, -0.1) is 0 Å². The summed E-state index contributed by atoms with van der Waals surface area (Å²) in [6.45, 7) is 5.69. The zero-order chi connectivity index (χ0) is 13.4. The van der Waals surface area contributed by atoms with Gasteiger partial charge in [0.1, 0.15) is 0 Å². The third-order valence-electron chi connectivity index (χ3n) is 2.30.